The summed E-state index contributed by atoms with van der Waals surface area (Å²) in [6.45, 7) is 1.71. The summed E-state index contributed by atoms with van der Waals surface area (Å²) in [5.74, 6) is 0. The summed E-state index contributed by atoms with van der Waals surface area (Å²) in [5, 5.41) is 12.3. The van der Waals surface area contributed by atoms with E-state index in [1.807, 2.05) is 31.2 Å². The fourth-order valence-corrected chi connectivity index (χ4v) is 2.25. The lowest BCUT2D eigenvalue weighted by Gasteiger charge is -2.37. The van der Waals surface area contributed by atoms with Crippen LogP contribution < -0.4 is 5.06 Å². The van der Waals surface area contributed by atoms with Gasteiger partial charge in [-0.3, -0.25) is 15.0 Å². The molecule has 2 rings (SSSR count). The minimum atomic E-state index is -0.525. The van der Waals surface area contributed by atoms with Crippen molar-refractivity contribution in [1.29, 1.82) is 0 Å². The summed E-state index contributed by atoms with van der Waals surface area (Å²) in [6, 6.07) is 7.15. The van der Waals surface area contributed by atoms with Gasteiger partial charge >= 0.3 is 0 Å². The Labute approximate surface area is 111 Å². The molecular weight excluding hydrogens is 248 g/mol. The molecule has 1 aliphatic rings. The second-order valence-corrected chi connectivity index (χ2v) is 4.64. The van der Waals surface area contributed by atoms with E-state index < -0.39 is 6.10 Å². The lowest BCUT2D eigenvalue weighted by Crippen LogP contribution is -2.47. The summed E-state index contributed by atoms with van der Waals surface area (Å²) < 4.78 is 0. The molecule has 1 fully saturated rings. The second kappa shape index (κ2) is 5.79. The second-order valence-electron chi connectivity index (χ2n) is 4.64. The lowest BCUT2D eigenvalue weighted by molar-refractivity contribution is -0.484. The molecule has 1 aromatic carbocycles. The molecule has 6 nitrogen and oxygen atoms in total. The Balaban J connectivity index is 2.27. The number of anilines is 1. The predicted octanol–water partition coefficient (Wildman–Crippen LogP) is 1.74. The normalized spacial score (nSPS) is 23.1. The molecule has 0 radical (unpaired) electrons. The van der Waals surface area contributed by atoms with Crippen LogP contribution in [0.1, 0.15) is 18.4 Å². The number of aryl methyl sites for hydroxylation is 1. The largest absolute Gasteiger partial charge is 0.300 e. The van der Waals surface area contributed by atoms with Gasteiger partial charge in [0.05, 0.1) is 5.69 Å². The summed E-state index contributed by atoms with van der Waals surface area (Å²) in [7, 11) is 0. The first-order chi connectivity index (χ1) is 9.11. The Morgan fingerprint density at radius 3 is 2.84 bits per heavy atom. The van der Waals surface area contributed by atoms with Crippen LogP contribution in [0, 0.1) is 17.0 Å². The van der Waals surface area contributed by atoms with E-state index in [0.29, 0.717) is 12.8 Å². The summed E-state index contributed by atoms with van der Waals surface area (Å²) in [6.07, 6.45) is 1.30. The average molecular weight is 264 g/mol. The molecule has 102 valence electrons. The molecule has 0 amide bonds. The molecule has 0 aliphatic carbocycles. The Kier molecular flexibility index (Phi) is 4.11. The minimum Gasteiger partial charge on any atom is -0.300 e. The third-order valence-corrected chi connectivity index (χ3v) is 3.23. The van der Waals surface area contributed by atoms with Crippen molar-refractivity contribution >= 4 is 12.0 Å². The molecular formula is C13H16N2O4. The first kappa shape index (κ1) is 13.5. The van der Waals surface area contributed by atoms with Gasteiger partial charge in [0, 0.05) is 4.92 Å². The van der Waals surface area contributed by atoms with Crippen LogP contribution in [0.15, 0.2) is 24.3 Å². The highest BCUT2D eigenvalue weighted by Crippen LogP contribution is 2.28. The number of nitro groups is 1. The standard InChI is InChI=1S/C13H16N2O4/c1-10-4-2-3-5-13(10)15-11(8-14(17)18)6-7-12(9-16)19-15/h2-5,9,11-12H,6-8H2,1H3/t11-,12-/m1/s1. The van der Waals surface area contributed by atoms with E-state index in [1.54, 1.807) is 0 Å². The molecule has 1 aliphatic heterocycles. The van der Waals surface area contributed by atoms with Crippen molar-refractivity contribution in [2.24, 2.45) is 0 Å². The van der Waals surface area contributed by atoms with Crippen LogP contribution in [-0.2, 0) is 9.63 Å². The number of hydroxylamine groups is 1. The van der Waals surface area contributed by atoms with Crippen LogP contribution in [0.3, 0.4) is 0 Å². The van der Waals surface area contributed by atoms with Crippen LogP contribution in [0.2, 0.25) is 0 Å². The molecule has 0 saturated carbocycles. The summed E-state index contributed by atoms with van der Waals surface area (Å²) in [4.78, 5) is 26.8. The maximum Gasteiger partial charge on any atom is 0.226 e. The van der Waals surface area contributed by atoms with Gasteiger partial charge in [0.25, 0.3) is 0 Å². The van der Waals surface area contributed by atoms with Crippen molar-refractivity contribution < 1.29 is 14.6 Å². The number of rotatable bonds is 4. The molecule has 6 heteroatoms. The number of hydrogen-bond acceptors (Lipinski definition) is 5. The van der Waals surface area contributed by atoms with E-state index in [2.05, 4.69) is 0 Å². The van der Waals surface area contributed by atoms with E-state index in [4.69, 9.17) is 4.84 Å². The molecule has 0 unspecified atom stereocenters. The van der Waals surface area contributed by atoms with Gasteiger partial charge in [0.15, 0.2) is 6.29 Å². The minimum absolute atomic E-state index is 0.195. The molecule has 1 aromatic rings. The predicted molar refractivity (Wildman–Crippen MR) is 69.5 cm³/mol. The Morgan fingerprint density at radius 1 is 1.47 bits per heavy atom. The first-order valence-corrected chi connectivity index (χ1v) is 6.20. The smallest absolute Gasteiger partial charge is 0.226 e. The molecule has 0 spiro atoms. The van der Waals surface area contributed by atoms with Gasteiger partial charge in [-0.2, -0.15) is 0 Å². The third kappa shape index (κ3) is 3.08. The summed E-state index contributed by atoms with van der Waals surface area (Å²) in [5.41, 5.74) is 1.74. The highest BCUT2D eigenvalue weighted by molar-refractivity contribution is 5.58. The van der Waals surface area contributed by atoms with Crippen molar-refractivity contribution in [3.63, 3.8) is 0 Å². The maximum absolute atomic E-state index is 10.9. The van der Waals surface area contributed by atoms with Gasteiger partial charge in [0.1, 0.15) is 12.1 Å². The van der Waals surface area contributed by atoms with Crippen LogP contribution in [0.4, 0.5) is 5.69 Å². The topological polar surface area (TPSA) is 72.7 Å². The molecule has 1 saturated heterocycles. The Morgan fingerprint density at radius 2 is 2.21 bits per heavy atom. The zero-order chi connectivity index (χ0) is 13.8. The van der Waals surface area contributed by atoms with Crippen LogP contribution in [0.25, 0.3) is 0 Å². The van der Waals surface area contributed by atoms with Gasteiger partial charge in [-0.25, -0.2) is 5.06 Å². The number of carbonyl (C=O) groups excluding carboxylic acids is 1. The first-order valence-electron chi connectivity index (χ1n) is 6.20. The molecule has 19 heavy (non-hydrogen) atoms. The van der Waals surface area contributed by atoms with Crippen LogP contribution in [-0.4, -0.2) is 29.9 Å². The fraction of sp³-hybridized carbons (Fsp3) is 0.462. The molecule has 2 atom stereocenters. The van der Waals surface area contributed by atoms with E-state index >= 15 is 0 Å². The zero-order valence-electron chi connectivity index (χ0n) is 10.7. The van der Waals surface area contributed by atoms with E-state index in [0.717, 1.165) is 17.5 Å². The summed E-state index contributed by atoms with van der Waals surface area (Å²) >= 11 is 0. The van der Waals surface area contributed by atoms with Gasteiger partial charge in [-0.05, 0) is 31.4 Å². The highest BCUT2D eigenvalue weighted by Gasteiger charge is 2.33. The van der Waals surface area contributed by atoms with Gasteiger partial charge < -0.3 is 4.79 Å². The van der Waals surface area contributed by atoms with E-state index in [1.165, 1.54) is 5.06 Å². The maximum atomic E-state index is 10.9. The monoisotopic (exact) mass is 264 g/mol. The molecule has 0 bridgehead atoms. The lowest BCUT2D eigenvalue weighted by atomic mass is 10.0. The van der Waals surface area contributed by atoms with Gasteiger partial charge in [-0.15, -0.1) is 0 Å². The quantitative estimate of drug-likeness (QED) is 0.470. The van der Waals surface area contributed by atoms with Crippen molar-refractivity contribution in [3.05, 3.63) is 39.9 Å². The zero-order valence-corrected chi connectivity index (χ0v) is 10.7. The van der Waals surface area contributed by atoms with E-state index in [-0.39, 0.29) is 17.5 Å². The number of nitrogens with zero attached hydrogens (tertiary/aromatic N) is 2. The average Bonchev–Trinajstić information content (AvgIpc) is 2.39. The van der Waals surface area contributed by atoms with Crippen molar-refractivity contribution in [1.82, 2.24) is 0 Å². The van der Waals surface area contributed by atoms with Crippen molar-refractivity contribution in [2.45, 2.75) is 31.9 Å². The number of aldehydes is 1. The van der Waals surface area contributed by atoms with E-state index in [9.17, 15) is 14.9 Å². The molecule has 0 N–H and O–H groups in total. The highest BCUT2D eigenvalue weighted by atomic mass is 16.7. The SMILES string of the molecule is Cc1ccccc1N1O[C@@H](C=O)CC[C@@H]1C[N+](=O)[O-]. The number of hydrogen-bond donors (Lipinski definition) is 0. The molecule has 1 heterocycles. The Hall–Kier alpha value is -1.95. The van der Waals surface area contributed by atoms with Gasteiger partial charge in [-0.1, -0.05) is 18.2 Å². The number of benzene rings is 1. The van der Waals surface area contributed by atoms with Crippen molar-refractivity contribution in [3.8, 4) is 0 Å². The third-order valence-electron chi connectivity index (χ3n) is 3.23. The van der Waals surface area contributed by atoms with Crippen molar-refractivity contribution in [2.75, 3.05) is 11.6 Å². The number of para-hydroxylation sites is 1. The fourth-order valence-electron chi connectivity index (χ4n) is 2.25. The van der Waals surface area contributed by atoms with Crippen LogP contribution in [0.5, 0.6) is 0 Å². The van der Waals surface area contributed by atoms with Gasteiger partial charge in [0.2, 0.25) is 6.54 Å². The number of carbonyl (C=O) groups is 1. The van der Waals surface area contributed by atoms with Crippen LogP contribution >= 0.6 is 0 Å². The Bertz CT molecular complexity index is 477. The molecule has 0 aromatic heterocycles.